The van der Waals surface area contributed by atoms with E-state index in [0.29, 0.717) is 22.3 Å². The second-order valence-corrected chi connectivity index (χ2v) is 9.33. The largest absolute Gasteiger partial charge is 0.465 e. The highest BCUT2D eigenvalue weighted by molar-refractivity contribution is 6.13. The van der Waals surface area contributed by atoms with E-state index in [1.807, 2.05) is 0 Å². The number of rotatable bonds is 6. The number of anilines is 1. The minimum absolute atomic E-state index is 0.0110. The van der Waals surface area contributed by atoms with Gasteiger partial charge in [-0.15, -0.1) is 0 Å². The van der Waals surface area contributed by atoms with Crippen LogP contribution in [-0.2, 0) is 19.0 Å². The maximum absolute atomic E-state index is 13.5. The number of carbonyl (C=O) groups excluding carboxylic acids is 3. The van der Waals surface area contributed by atoms with Crippen molar-refractivity contribution in [3.8, 4) is 5.88 Å². The van der Waals surface area contributed by atoms with Crippen molar-refractivity contribution in [2.24, 2.45) is 0 Å². The summed E-state index contributed by atoms with van der Waals surface area (Å²) in [6.07, 6.45) is 1.02. The second-order valence-electron chi connectivity index (χ2n) is 9.33. The third-order valence-corrected chi connectivity index (χ3v) is 6.35. The number of oxazole rings is 2. The summed E-state index contributed by atoms with van der Waals surface area (Å²) in [5, 5.41) is 0.0116. The van der Waals surface area contributed by atoms with Crippen LogP contribution in [0.2, 0.25) is 0 Å². The minimum Gasteiger partial charge on any atom is -0.465 e. The number of hydrogen-bond donors (Lipinski definition) is 1. The number of fused-ring (bicyclic) bond motifs is 3. The van der Waals surface area contributed by atoms with Crippen LogP contribution in [0.4, 0.5) is 6.01 Å². The van der Waals surface area contributed by atoms with Gasteiger partial charge in [-0.25, -0.2) is 23.7 Å². The topological polar surface area (TPSA) is 166 Å². The summed E-state index contributed by atoms with van der Waals surface area (Å²) in [7, 11) is 2.55. The molecule has 4 aromatic rings. The molecule has 1 atom stereocenters. The van der Waals surface area contributed by atoms with Crippen molar-refractivity contribution in [1.29, 1.82) is 0 Å². The van der Waals surface area contributed by atoms with Crippen molar-refractivity contribution >= 4 is 35.6 Å². The molecule has 210 valence electrons. The summed E-state index contributed by atoms with van der Waals surface area (Å²) in [6, 6.07) is 12.5. The fourth-order valence-electron chi connectivity index (χ4n) is 4.56. The van der Waals surface area contributed by atoms with Gasteiger partial charge in [0.1, 0.15) is 16.6 Å². The van der Waals surface area contributed by atoms with E-state index < -0.39 is 35.6 Å². The molecule has 0 saturated heterocycles. The molecule has 41 heavy (non-hydrogen) atoms. The Hall–Kier alpha value is -5.39. The molecule has 1 aliphatic heterocycles. The van der Waals surface area contributed by atoms with Crippen molar-refractivity contribution in [3.05, 3.63) is 97.8 Å². The molecule has 5 rings (SSSR count). The van der Waals surface area contributed by atoms with Crippen LogP contribution in [0.5, 0.6) is 0 Å². The molecule has 0 amide bonds. The molecule has 1 unspecified atom stereocenters. The lowest BCUT2D eigenvalue weighted by atomic mass is 9.86. The van der Waals surface area contributed by atoms with E-state index in [-0.39, 0.29) is 34.1 Å². The first kappa shape index (κ1) is 27.2. The molecule has 0 aliphatic carbocycles. The van der Waals surface area contributed by atoms with E-state index in [4.69, 9.17) is 28.8 Å². The van der Waals surface area contributed by atoms with E-state index in [1.54, 1.807) is 50.2 Å². The van der Waals surface area contributed by atoms with Crippen LogP contribution in [0.15, 0.2) is 62.2 Å². The summed E-state index contributed by atoms with van der Waals surface area (Å²) in [5.74, 6) is -2.63. The normalized spacial score (nSPS) is 14.4. The average Bonchev–Trinajstić information content (AvgIpc) is 3.50. The van der Waals surface area contributed by atoms with E-state index >= 15 is 0 Å². The number of nitrogens with zero attached hydrogens (tertiary/aromatic N) is 2. The van der Waals surface area contributed by atoms with Gasteiger partial charge in [-0.3, -0.25) is 0 Å². The van der Waals surface area contributed by atoms with Crippen LogP contribution in [-0.4, -0.2) is 47.8 Å². The number of nitrogens with two attached hydrogens (primary N) is 1. The van der Waals surface area contributed by atoms with Gasteiger partial charge in [0.15, 0.2) is 0 Å². The zero-order valence-electron chi connectivity index (χ0n) is 22.5. The van der Waals surface area contributed by atoms with Gasteiger partial charge < -0.3 is 28.8 Å². The van der Waals surface area contributed by atoms with Crippen LogP contribution in [0, 0.1) is 0 Å². The third-order valence-electron chi connectivity index (χ3n) is 6.35. The number of ether oxygens (including phenoxy) is 3. The zero-order chi connectivity index (χ0) is 29.4. The Morgan fingerprint density at radius 1 is 0.927 bits per heavy atom. The molecule has 0 spiro atoms. The number of benzene rings is 2. The SMILES string of the molecule is COC(=O)c1ccc(/C=c2\c(=O)oc3n2-c2oc(N)nc2C(c2ccc(C(=O)OC)cc2)C=3C(=O)OC(C)C)cc1. The lowest BCUT2D eigenvalue weighted by molar-refractivity contribution is -0.140. The zero-order valence-corrected chi connectivity index (χ0v) is 22.5. The van der Waals surface area contributed by atoms with Crippen LogP contribution in [0.1, 0.15) is 57.3 Å². The summed E-state index contributed by atoms with van der Waals surface area (Å²) >= 11 is 0. The number of esters is 3. The molecule has 0 bridgehead atoms. The monoisotopic (exact) mass is 559 g/mol. The molecule has 2 aromatic carbocycles. The second kappa shape index (κ2) is 10.6. The van der Waals surface area contributed by atoms with E-state index in [0.717, 1.165) is 0 Å². The van der Waals surface area contributed by atoms with Crippen molar-refractivity contribution in [2.75, 3.05) is 20.0 Å². The molecule has 0 radical (unpaired) electrons. The fraction of sp³-hybridized carbons (Fsp3) is 0.207. The van der Waals surface area contributed by atoms with Crippen LogP contribution < -0.4 is 22.3 Å². The lowest BCUT2D eigenvalue weighted by Gasteiger charge is -2.22. The maximum Gasteiger partial charge on any atom is 0.362 e. The van der Waals surface area contributed by atoms with Gasteiger partial charge >= 0.3 is 23.5 Å². The molecule has 1 aliphatic rings. The van der Waals surface area contributed by atoms with Gasteiger partial charge in [0.05, 0.1) is 37.4 Å². The Kier molecular flexibility index (Phi) is 7.06. The molecule has 2 aromatic heterocycles. The summed E-state index contributed by atoms with van der Waals surface area (Å²) in [6.45, 7) is 3.38. The fourth-order valence-corrected chi connectivity index (χ4v) is 4.56. The standard InChI is InChI=1S/C29H25N3O9/c1-14(2)39-28(36)21-20(16-9-11-18(12-10-16)26(34)38-4)22-24(41-29(30)31-22)32-19(27(35)40-23(21)32)13-15-5-7-17(8-6-15)25(33)37-3/h5-14,20H,1-4H3,(H2,30,31)/b19-13+. The number of carbonyl (C=O) groups is 3. The minimum atomic E-state index is -0.915. The smallest absolute Gasteiger partial charge is 0.362 e. The van der Waals surface area contributed by atoms with Crippen LogP contribution >= 0.6 is 0 Å². The Morgan fingerprint density at radius 3 is 2.07 bits per heavy atom. The number of nitrogen functional groups attached to an aromatic ring is 1. The van der Waals surface area contributed by atoms with Gasteiger partial charge in [-0.05, 0) is 55.3 Å². The van der Waals surface area contributed by atoms with Crippen molar-refractivity contribution in [2.45, 2.75) is 25.9 Å². The van der Waals surface area contributed by atoms with Crippen molar-refractivity contribution in [1.82, 2.24) is 9.55 Å². The molecule has 2 N–H and O–H groups in total. The molecule has 12 heteroatoms. The van der Waals surface area contributed by atoms with Gasteiger partial charge in [0, 0.05) is 0 Å². The maximum atomic E-state index is 13.5. The first-order valence-electron chi connectivity index (χ1n) is 12.4. The quantitative estimate of drug-likeness (QED) is 0.270. The third kappa shape index (κ3) is 4.91. The first-order chi connectivity index (χ1) is 19.6. The van der Waals surface area contributed by atoms with Gasteiger partial charge in [-0.1, -0.05) is 24.3 Å². The van der Waals surface area contributed by atoms with Crippen LogP contribution in [0.3, 0.4) is 0 Å². The summed E-state index contributed by atoms with van der Waals surface area (Å²) < 4.78 is 27.8. The molecule has 0 saturated carbocycles. The van der Waals surface area contributed by atoms with Gasteiger partial charge in [0.2, 0.25) is 11.4 Å². The predicted octanol–water partition coefficient (Wildman–Crippen LogP) is 1.65. The Labute approximate surface area is 232 Å². The highest BCUT2D eigenvalue weighted by atomic mass is 16.5. The van der Waals surface area contributed by atoms with Crippen molar-refractivity contribution in [3.63, 3.8) is 0 Å². The average molecular weight is 560 g/mol. The van der Waals surface area contributed by atoms with Crippen LogP contribution in [0.25, 0.3) is 17.5 Å². The summed E-state index contributed by atoms with van der Waals surface area (Å²) in [5.41, 5.74) is 7.00. The predicted molar refractivity (Wildman–Crippen MR) is 144 cm³/mol. The number of aromatic nitrogens is 2. The number of hydrogen-bond acceptors (Lipinski definition) is 11. The summed E-state index contributed by atoms with van der Waals surface area (Å²) in [4.78, 5) is 54.9. The van der Waals surface area contributed by atoms with Gasteiger partial charge in [-0.2, -0.15) is 4.98 Å². The highest BCUT2D eigenvalue weighted by Crippen LogP contribution is 2.38. The van der Waals surface area contributed by atoms with Crippen molar-refractivity contribution < 1.29 is 37.4 Å². The highest BCUT2D eigenvalue weighted by Gasteiger charge is 2.40. The molecule has 3 heterocycles. The number of methoxy groups -OCH3 is 2. The lowest BCUT2D eigenvalue weighted by Crippen LogP contribution is -2.38. The molecule has 12 nitrogen and oxygen atoms in total. The van der Waals surface area contributed by atoms with Gasteiger partial charge in [0.25, 0.3) is 6.01 Å². The molecular weight excluding hydrogens is 534 g/mol. The first-order valence-corrected chi connectivity index (χ1v) is 12.4. The Morgan fingerprint density at radius 2 is 1.51 bits per heavy atom. The Balaban J connectivity index is 1.78. The molecular formula is C29H25N3O9. The van der Waals surface area contributed by atoms with E-state index in [9.17, 15) is 19.2 Å². The molecule has 0 fully saturated rings. The van der Waals surface area contributed by atoms with E-state index in [1.165, 1.54) is 37.0 Å². The Bertz CT molecular complexity index is 1840. The van der Waals surface area contributed by atoms with E-state index in [2.05, 4.69) is 4.98 Å².